The lowest BCUT2D eigenvalue weighted by Gasteiger charge is -2.28. The number of nitro groups is 3. The third kappa shape index (κ3) is 3.45. The summed E-state index contributed by atoms with van der Waals surface area (Å²) in [4.78, 5) is 30.8. The third-order valence-electron chi connectivity index (χ3n) is 3.73. The van der Waals surface area contributed by atoms with Crippen LogP contribution in [-0.2, 0) is 0 Å². The van der Waals surface area contributed by atoms with Crippen LogP contribution in [0.1, 0.15) is 17.0 Å². The molecule has 1 aliphatic carbocycles. The van der Waals surface area contributed by atoms with Crippen molar-refractivity contribution in [2.24, 2.45) is 5.92 Å². The van der Waals surface area contributed by atoms with E-state index >= 15 is 0 Å². The van der Waals surface area contributed by atoms with E-state index < -0.39 is 44.0 Å². The zero-order valence-electron chi connectivity index (χ0n) is 12.9. The molecule has 25 heavy (non-hydrogen) atoms. The molecule has 0 amide bonds. The van der Waals surface area contributed by atoms with E-state index in [1.807, 2.05) is 6.07 Å². The van der Waals surface area contributed by atoms with Crippen LogP contribution in [0.15, 0.2) is 47.8 Å². The van der Waals surface area contributed by atoms with Crippen molar-refractivity contribution in [3.63, 3.8) is 0 Å². The Morgan fingerprint density at radius 2 is 1.88 bits per heavy atom. The van der Waals surface area contributed by atoms with Crippen LogP contribution in [0, 0.1) is 60.6 Å². The molecule has 0 saturated carbocycles. The number of rotatable bonds is 5. The predicted octanol–water partition coefficient (Wildman–Crippen LogP) is 2.36. The Hall–Kier alpha value is -3.74. The molecule has 0 radical (unpaired) electrons. The van der Waals surface area contributed by atoms with Crippen molar-refractivity contribution >= 4 is 0 Å². The Morgan fingerprint density at radius 1 is 1.20 bits per heavy atom. The van der Waals surface area contributed by atoms with Crippen molar-refractivity contribution in [2.75, 3.05) is 0 Å². The predicted molar refractivity (Wildman–Crippen MR) is 83.4 cm³/mol. The Balaban J connectivity index is 2.64. The molecule has 2 unspecified atom stereocenters. The summed E-state index contributed by atoms with van der Waals surface area (Å²) in [6, 6.07) is 7.59. The lowest BCUT2D eigenvalue weighted by Crippen LogP contribution is -2.32. The molecule has 1 aromatic rings. The highest BCUT2D eigenvalue weighted by Gasteiger charge is 2.44. The molecule has 0 heterocycles. The fraction of sp³-hybridized carbons (Fsp3) is 0.200. The summed E-state index contributed by atoms with van der Waals surface area (Å²) in [6.07, 6.45) is 1.33. The number of nitrogens with zero attached hydrogens (tertiary/aromatic N) is 4. The number of aryl methyl sites for hydroxylation is 1. The van der Waals surface area contributed by atoms with E-state index in [1.165, 1.54) is 6.07 Å². The topological polar surface area (TPSA) is 153 Å². The van der Waals surface area contributed by atoms with Crippen LogP contribution in [0.5, 0.6) is 0 Å². The van der Waals surface area contributed by atoms with Crippen LogP contribution in [-0.4, -0.2) is 14.8 Å². The maximum absolute atomic E-state index is 11.4. The molecule has 10 heteroatoms. The first kappa shape index (κ1) is 17.6. The molecule has 0 bridgehead atoms. The van der Waals surface area contributed by atoms with Gasteiger partial charge in [0.25, 0.3) is 0 Å². The van der Waals surface area contributed by atoms with Gasteiger partial charge >= 0.3 is 0 Å². The van der Waals surface area contributed by atoms with E-state index in [0.29, 0.717) is 17.7 Å². The number of hydrogen-bond acceptors (Lipinski definition) is 7. The molecule has 10 nitrogen and oxygen atoms in total. The summed E-state index contributed by atoms with van der Waals surface area (Å²) in [5.41, 5.74) is -0.397. The van der Waals surface area contributed by atoms with Crippen LogP contribution >= 0.6 is 0 Å². The molecule has 1 aromatic carbocycles. The maximum Gasteiger partial charge on any atom is 0.233 e. The van der Waals surface area contributed by atoms with Crippen LogP contribution < -0.4 is 0 Å². The van der Waals surface area contributed by atoms with Crippen LogP contribution in [0.25, 0.3) is 0 Å². The minimum atomic E-state index is -1.53. The minimum Gasteiger partial charge on any atom is -0.277 e. The van der Waals surface area contributed by atoms with Crippen molar-refractivity contribution in [3.8, 4) is 6.07 Å². The van der Waals surface area contributed by atoms with Gasteiger partial charge in [-0.3, -0.25) is 30.3 Å². The van der Waals surface area contributed by atoms with Gasteiger partial charge in [-0.05, 0) is 22.3 Å². The highest BCUT2D eigenvalue weighted by atomic mass is 16.6. The van der Waals surface area contributed by atoms with E-state index in [-0.39, 0.29) is 0 Å². The van der Waals surface area contributed by atoms with Gasteiger partial charge in [-0.15, -0.1) is 0 Å². The van der Waals surface area contributed by atoms with Gasteiger partial charge in [-0.1, -0.05) is 35.9 Å². The van der Waals surface area contributed by atoms with Gasteiger partial charge in [0.05, 0.1) is 22.8 Å². The Morgan fingerprint density at radius 3 is 2.36 bits per heavy atom. The highest BCUT2D eigenvalue weighted by Crippen LogP contribution is 2.41. The summed E-state index contributed by atoms with van der Waals surface area (Å²) < 4.78 is 0. The molecular weight excluding hydrogens is 332 g/mol. The molecule has 0 saturated heterocycles. The quantitative estimate of drug-likeness (QED) is 0.451. The maximum atomic E-state index is 11.4. The molecule has 2 rings (SSSR count). The standard InChI is InChI=1S/C15H11N4O6/c1-9-3-2-4-10(5-9)12(8-16)15-13(18(22)23)6-11(17(20)21)7-14(15)19(24)25/h2-7,12,15H,1H3/q-1. The molecule has 0 spiro atoms. The lowest BCUT2D eigenvalue weighted by atomic mass is 9.77. The largest absolute Gasteiger partial charge is 0.277 e. The molecule has 0 aliphatic heterocycles. The molecule has 2 atom stereocenters. The van der Waals surface area contributed by atoms with Crippen molar-refractivity contribution in [2.45, 2.75) is 12.8 Å². The van der Waals surface area contributed by atoms with Gasteiger partial charge in [0, 0.05) is 6.08 Å². The fourth-order valence-corrected chi connectivity index (χ4v) is 2.66. The monoisotopic (exact) mass is 343 g/mol. The van der Waals surface area contributed by atoms with Gasteiger partial charge in [0.1, 0.15) is 11.7 Å². The second-order valence-electron chi connectivity index (χ2n) is 5.33. The molecule has 1 aliphatic rings. The molecule has 0 fully saturated rings. The third-order valence-corrected chi connectivity index (χ3v) is 3.73. The smallest absolute Gasteiger partial charge is 0.233 e. The van der Waals surface area contributed by atoms with Crippen molar-refractivity contribution in [1.82, 2.24) is 0 Å². The first-order valence-electron chi connectivity index (χ1n) is 6.95. The summed E-state index contributed by atoms with van der Waals surface area (Å²) >= 11 is 0. The number of benzene rings is 1. The molecule has 0 N–H and O–H groups in total. The second kappa shape index (κ2) is 6.79. The average Bonchev–Trinajstić information content (AvgIpc) is 2.54. The number of nitriles is 1. The van der Waals surface area contributed by atoms with E-state index in [1.54, 1.807) is 25.1 Å². The summed E-state index contributed by atoms with van der Waals surface area (Å²) in [6.45, 7) is 1.74. The van der Waals surface area contributed by atoms with Gasteiger partial charge in [0.15, 0.2) is 0 Å². The van der Waals surface area contributed by atoms with Crippen molar-refractivity contribution in [3.05, 3.63) is 95.3 Å². The van der Waals surface area contributed by atoms with Crippen LogP contribution in [0.4, 0.5) is 0 Å². The van der Waals surface area contributed by atoms with E-state index in [0.717, 1.165) is 5.56 Å². The SMILES string of the molecule is Cc1cccc(C(C#N)C2C([N+](=O)[O-])=CC([N+](=O)[O-])=C[C-]2[N+](=O)[O-])c1. The van der Waals surface area contributed by atoms with E-state index in [9.17, 15) is 35.6 Å². The van der Waals surface area contributed by atoms with Gasteiger partial charge in [-0.2, -0.15) is 5.26 Å². The first-order chi connectivity index (χ1) is 11.8. The summed E-state index contributed by atoms with van der Waals surface area (Å²) in [5, 5.41) is 43.2. The fourth-order valence-electron chi connectivity index (χ4n) is 2.66. The van der Waals surface area contributed by atoms with E-state index in [2.05, 4.69) is 0 Å². The Kier molecular flexibility index (Phi) is 4.79. The van der Waals surface area contributed by atoms with Gasteiger partial charge in [0.2, 0.25) is 5.70 Å². The second-order valence-corrected chi connectivity index (χ2v) is 5.33. The normalized spacial score (nSPS) is 17.8. The number of allylic oxidation sites excluding steroid dienone is 1. The average molecular weight is 343 g/mol. The number of hydrogen-bond donors (Lipinski definition) is 0. The van der Waals surface area contributed by atoms with Gasteiger partial charge < -0.3 is 0 Å². The Labute approximate surface area is 141 Å². The van der Waals surface area contributed by atoms with Crippen LogP contribution in [0.3, 0.4) is 0 Å². The van der Waals surface area contributed by atoms with Gasteiger partial charge in [-0.25, -0.2) is 0 Å². The zero-order chi connectivity index (χ0) is 18.7. The summed E-state index contributed by atoms with van der Waals surface area (Å²) in [7, 11) is 0. The highest BCUT2D eigenvalue weighted by molar-refractivity contribution is 5.39. The molecule has 128 valence electrons. The molecule has 0 aromatic heterocycles. The van der Waals surface area contributed by atoms with Crippen LogP contribution in [0.2, 0.25) is 0 Å². The zero-order valence-corrected chi connectivity index (χ0v) is 12.9. The first-order valence-corrected chi connectivity index (χ1v) is 6.95. The van der Waals surface area contributed by atoms with Crippen molar-refractivity contribution < 1.29 is 14.8 Å². The molecular formula is C15H11N4O6-. The van der Waals surface area contributed by atoms with E-state index in [4.69, 9.17) is 0 Å². The van der Waals surface area contributed by atoms with Crippen molar-refractivity contribution in [1.29, 1.82) is 5.26 Å². The minimum absolute atomic E-state index is 0.359. The Bertz CT molecular complexity index is 854. The summed E-state index contributed by atoms with van der Waals surface area (Å²) in [5.74, 6) is -2.76. The lowest BCUT2D eigenvalue weighted by molar-refractivity contribution is -0.488.